The van der Waals surface area contributed by atoms with Crippen LogP contribution in [0.1, 0.15) is 33.1 Å². The molecule has 2 unspecified atom stereocenters. The minimum absolute atomic E-state index is 0.132. The molecule has 4 heteroatoms. The average molecular weight is 211 g/mol. The first-order chi connectivity index (χ1) is 7.07. The van der Waals surface area contributed by atoms with Crippen LogP contribution in [-0.4, -0.2) is 16.1 Å². The van der Waals surface area contributed by atoms with Gasteiger partial charge >= 0.3 is 0 Å². The Bertz CT molecular complexity index is 307. The zero-order valence-corrected chi connectivity index (χ0v) is 9.14. The van der Waals surface area contributed by atoms with E-state index in [4.69, 9.17) is 0 Å². The van der Waals surface area contributed by atoms with Crippen LogP contribution >= 0.6 is 0 Å². The average Bonchev–Trinajstić information content (AvgIpc) is 2.16. The van der Waals surface area contributed by atoms with Gasteiger partial charge in [-0.1, -0.05) is 31.9 Å². The van der Waals surface area contributed by atoms with Gasteiger partial charge in [-0.25, -0.2) is 0 Å². The van der Waals surface area contributed by atoms with Crippen molar-refractivity contribution < 1.29 is 10.0 Å². The molecular weight excluding hydrogens is 194 g/mol. The van der Waals surface area contributed by atoms with Crippen LogP contribution in [0.15, 0.2) is 23.5 Å². The first-order valence-electron chi connectivity index (χ1n) is 5.31. The lowest BCUT2D eigenvalue weighted by Crippen LogP contribution is -2.32. The van der Waals surface area contributed by atoms with Gasteiger partial charge in [-0.15, -0.1) is 0 Å². The molecule has 4 nitrogen and oxygen atoms in total. The van der Waals surface area contributed by atoms with Gasteiger partial charge in [0, 0.05) is 4.92 Å². The Labute approximate surface area is 89.5 Å². The van der Waals surface area contributed by atoms with E-state index in [-0.39, 0.29) is 11.7 Å². The largest absolute Gasteiger partial charge is 0.506 e. The molecule has 0 aromatic heterocycles. The molecule has 0 amide bonds. The topological polar surface area (TPSA) is 63.4 Å². The standard InChI is InChI=1S/C11H17NO3/c1-3-4-5-9-6-7-10(13)11(8(9)2)12(14)15/h6-8,11,13H,3-5H2,1-2H3. The SMILES string of the molecule is CCCCC1=CC=C(O)C([N+](=O)[O-])C1C. The Kier molecular flexibility index (Phi) is 3.88. The number of hydrogen-bond donors (Lipinski definition) is 1. The number of aliphatic hydroxyl groups excluding tert-OH is 1. The summed E-state index contributed by atoms with van der Waals surface area (Å²) in [6, 6.07) is -0.957. The molecule has 84 valence electrons. The van der Waals surface area contributed by atoms with Gasteiger partial charge in [0.05, 0.1) is 5.92 Å². The first-order valence-corrected chi connectivity index (χ1v) is 5.31. The van der Waals surface area contributed by atoms with E-state index in [9.17, 15) is 15.2 Å². The summed E-state index contributed by atoms with van der Waals surface area (Å²) in [5.41, 5.74) is 1.07. The molecule has 1 aliphatic carbocycles. The Morgan fingerprint density at radius 2 is 2.20 bits per heavy atom. The van der Waals surface area contributed by atoms with Crippen LogP contribution < -0.4 is 0 Å². The third-order valence-electron chi connectivity index (χ3n) is 2.88. The molecule has 1 N–H and O–H groups in total. The number of rotatable bonds is 4. The third-order valence-corrected chi connectivity index (χ3v) is 2.88. The molecule has 0 aromatic carbocycles. The van der Waals surface area contributed by atoms with Gasteiger partial charge in [0.1, 0.15) is 0 Å². The van der Waals surface area contributed by atoms with E-state index >= 15 is 0 Å². The minimum atomic E-state index is -0.957. The van der Waals surface area contributed by atoms with Gasteiger partial charge in [-0.05, 0) is 18.9 Å². The van der Waals surface area contributed by atoms with Crippen LogP contribution in [0, 0.1) is 16.0 Å². The molecule has 0 spiro atoms. The van der Waals surface area contributed by atoms with Crippen molar-refractivity contribution in [1.82, 2.24) is 0 Å². The first kappa shape index (κ1) is 11.8. The van der Waals surface area contributed by atoms with Crippen LogP contribution in [0.5, 0.6) is 0 Å². The zero-order chi connectivity index (χ0) is 11.4. The Morgan fingerprint density at radius 3 is 2.73 bits per heavy atom. The van der Waals surface area contributed by atoms with Crippen molar-refractivity contribution >= 4 is 0 Å². The molecule has 0 saturated carbocycles. The van der Waals surface area contributed by atoms with E-state index < -0.39 is 11.0 Å². The van der Waals surface area contributed by atoms with Crippen molar-refractivity contribution in [2.24, 2.45) is 5.92 Å². The molecule has 15 heavy (non-hydrogen) atoms. The predicted molar refractivity (Wildman–Crippen MR) is 58.3 cm³/mol. The lowest BCUT2D eigenvalue weighted by Gasteiger charge is -2.22. The van der Waals surface area contributed by atoms with E-state index in [1.165, 1.54) is 6.08 Å². The monoisotopic (exact) mass is 211 g/mol. The lowest BCUT2D eigenvalue weighted by molar-refractivity contribution is -0.523. The van der Waals surface area contributed by atoms with E-state index in [1.54, 1.807) is 6.92 Å². The summed E-state index contributed by atoms with van der Waals surface area (Å²) in [4.78, 5) is 10.4. The highest BCUT2D eigenvalue weighted by atomic mass is 16.6. The number of hydrogen-bond acceptors (Lipinski definition) is 3. The smallest absolute Gasteiger partial charge is 0.274 e. The fraction of sp³-hybridized carbons (Fsp3) is 0.636. The molecule has 0 aliphatic heterocycles. The fourth-order valence-electron chi connectivity index (χ4n) is 1.88. The second-order valence-electron chi connectivity index (χ2n) is 3.96. The quantitative estimate of drug-likeness (QED) is 0.574. The van der Waals surface area contributed by atoms with Crippen LogP contribution in [0.4, 0.5) is 0 Å². The zero-order valence-electron chi connectivity index (χ0n) is 9.14. The Balaban J connectivity index is 2.79. The van der Waals surface area contributed by atoms with Gasteiger partial charge in [0.25, 0.3) is 6.04 Å². The van der Waals surface area contributed by atoms with E-state index in [0.29, 0.717) is 0 Å². The molecule has 0 aromatic rings. The second kappa shape index (κ2) is 4.96. The Morgan fingerprint density at radius 1 is 1.53 bits per heavy atom. The van der Waals surface area contributed by atoms with Crippen molar-refractivity contribution in [1.29, 1.82) is 0 Å². The number of unbranched alkanes of at least 4 members (excludes halogenated alkanes) is 1. The lowest BCUT2D eigenvalue weighted by atomic mass is 9.85. The highest BCUT2D eigenvalue weighted by Crippen LogP contribution is 2.29. The highest BCUT2D eigenvalue weighted by Gasteiger charge is 2.36. The summed E-state index contributed by atoms with van der Waals surface area (Å²) in [6.07, 6.45) is 6.26. The summed E-state index contributed by atoms with van der Waals surface area (Å²) in [5, 5.41) is 20.2. The molecule has 0 heterocycles. The molecule has 0 fully saturated rings. The van der Waals surface area contributed by atoms with Gasteiger partial charge < -0.3 is 5.11 Å². The third kappa shape index (κ3) is 2.58. The number of nitro groups is 1. The maximum Gasteiger partial charge on any atom is 0.274 e. The van der Waals surface area contributed by atoms with Crippen molar-refractivity contribution in [3.8, 4) is 0 Å². The van der Waals surface area contributed by atoms with Crippen LogP contribution in [-0.2, 0) is 0 Å². The van der Waals surface area contributed by atoms with E-state index in [0.717, 1.165) is 24.8 Å². The highest BCUT2D eigenvalue weighted by molar-refractivity contribution is 5.26. The summed E-state index contributed by atoms with van der Waals surface area (Å²) in [6.45, 7) is 3.89. The fourth-order valence-corrected chi connectivity index (χ4v) is 1.88. The molecule has 2 atom stereocenters. The maximum atomic E-state index is 10.8. The van der Waals surface area contributed by atoms with E-state index in [2.05, 4.69) is 6.92 Å². The van der Waals surface area contributed by atoms with Crippen molar-refractivity contribution in [3.05, 3.63) is 33.6 Å². The molecule has 0 bridgehead atoms. The van der Waals surface area contributed by atoms with Crippen molar-refractivity contribution in [2.45, 2.75) is 39.2 Å². The predicted octanol–water partition coefficient (Wildman–Crippen LogP) is 2.84. The molecular formula is C11H17NO3. The van der Waals surface area contributed by atoms with Gasteiger partial charge in [-0.2, -0.15) is 0 Å². The van der Waals surface area contributed by atoms with Crippen LogP contribution in [0.2, 0.25) is 0 Å². The normalized spacial score (nSPS) is 25.7. The van der Waals surface area contributed by atoms with Gasteiger partial charge in [0.15, 0.2) is 5.76 Å². The van der Waals surface area contributed by atoms with Crippen molar-refractivity contribution in [3.63, 3.8) is 0 Å². The van der Waals surface area contributed by atoms with E-state index in [1.807, 2.05) is 6.08 Å². The van der Waals surface area contributed by atoms with Crippen LogP contribution in [0.25, 0.3) is 0 Å². The van der Waals surface area contributed by atoms with Gasteiger partial charge in [-0.3, -0.25) is 10.1 Å². The molecule has 1 aliphatic rings. The van der Waals surface area contributed by atoms with Gasteiger partial charge in [0.2, 0.25) is 0 Å². The van der Waals surface area contributed by atoms with Crippen molar-refractivity contribution in [2.75, 3.05) is 0 Å². The minimum Gasteiger partial charge on any atom is -0.506 e. The molecule has 0 radical (unpaired) electrons. The second-order valence-corrected chi connectivity index (χ2v) is 3.96. The summed E-state index contributed by atoms with van der Waals surface area (Å²) < 4.78 is 0. The Hall–Kier alpha value is -1.32. The maximum absolute atomic E-state index is 10.8. The molecule has 0 saturated heterocycles. The number of nitrogens with zero attached hydrogens (tertiary/aromatic N) is 1. The number of aliphatic hydroxyl groups is 1. The molecule has 1 rings (SSSR count). The summed E-state index contributed by atoms with van der Waals surface area (Å²) in [5.74, 6) is -0.329. The summed E-state index contributed by atoms with van der Waals surface area (Å²) >= 11 is 0. The van der Waals surface area contributed by atoms with Crippen LogP contribution in [0.3, 0.4) is 0 Å². The summed E-state index contributed by atoms with van der Waals surface area (Å²) in [7, 11) is 0. The number of allylic oxidation sites excluding steroid dienone is 2.